The van der Waals surface area contributed by atoms with E-state index in [1.165, 1.54) is 18.4 Å². The highest BCUT2D eigenvalue weighted by molar-refractivity contribution is 5.31. The number of aryl methyl sites for hydroxylation is 1. The van der Waals surface area contributed by atoms with Crippen molar-refractivity contribution in [3.63, 3.8) is 0 Å². The van der Waals surface area contributed by atoms with E-state index in [1.54, 1.807) is 6.08 Å². The van der Waals surface area contributed by atoms with Gasteiger partial charge < -0.3 is 9.84 Å². The van der Waals surface area contributed by atoms with E-state index in [-0.39, 0.29) is 0 Å². The molecular formula is C20H28O2. The molecular weight excluding hydrogens is 272 g/mol. The van der Waals surface area contributed by atoms with Gasteiger partial charge in [-0.15, -0.1) is 0 Å². The molecule has 2 nitrogen and oxygen atoms in total. The van der Waals surface area contributed by atoms with Crippen LogP contribution in [0.1, 0.15) is 57.9 Å². The Labute approximate surface area is 134 Å². The fourth-order valence-corrected chi connectivity index (χ4v) is 2.91. The molecule has 2 heteroatoms. The Morgan fingerprint density at radius 3 is 2.73 bits per heavy atom. The first-order valence-electron chi connectivity index (χ1n) is 8.53. The normalized spacial score (nSPS) is 20.7. The third-order valence-electron chi connectivity index (χ3n) is 4.16. The summed E-state index contributed by atoms with van der Waals surface area (Å²) in [7, 11) is 0. The molecule has 0 saturated carbocycles. The van der Waals surface area contributed by atoms with E-state index in [4.69, 9.17) is 4.74 Å². The van der Waals surface area contributed by atoms with E-state index in [0.29, 0.717) is 12.2 Å². The third kappa shape index (κ3) is 4.66. The zero-order valence-corrected chi connectivity index (χ0v) is 13.8. The van der Waals surface area contributed by atoms with Crippen LogP contribution >= 0.6 is 0 Å². The molecule has 1 atom stereocenters. The first-order chi connectivity index (χ1) is 10.7. The lowest BCUT2D eigenvalue weighted by Gasteiger charge is -2.33. The van der Waals surface area contributed by atoms with Gasteiger partial charge in [-0.3, -0.25) is 0 Å². The third-order valence-corrected chi connectivity index (χ3v) is 4.16. The monoisotopic (exact) mass is 300 g/mol. The van der Waals surface area contributed by atoms with Crippen LogP contribution in [0.15, 0.2) is 48.3 Å². The lowest BCUT2D eigenvalue weighted by Crippen LogP contribution is -2.35. The smallest absolute Gasteiger partial charge is 0.134 e. The van der Waals surface area contributed by atoms with Crippen LogP contribution in [-0.4, -0.2) is 10.7 Å². The maximum atomic E-state index is 9.92. The second-order valence-corrected chi connectivity index (χ2v) is 6.22. The molecule has 2 rings (SSSR count). The standard InChI is InChI=1S/C20H28O2/c1-3-5-9-17-10-7-12-19(15-17)22-20(13-6-4-2)14-8-11-18(21)16-20/h7-8,10-12,14-15,21H,3-6,9,13,16H2,1-2H3. The second kappa shape index (κ2) is 8.07. The van der Waals surface area contributed by atoms with Gasteiger partial charge in [0.25, 0.3) is 0 Å². The summed E-state index contributed by atoms with van der Waals surface area (Å²) in [6.07, 6.45) is 13.0. The van der Waals surface area contributed by atoms with Gasteiger partial charge in [-0.2, -0.15) is 0 Å². The van der Waals surface area contributed by atoms with Crippen LogP contribution in [0.3, 0.4) is 0 Å². The molecule has 0 saturated heterocycles. The van der Waals surface area contributed by atoms with E-state index in [2.05, 4.69) is 38.1 Å². The van der Waals surface area contributed by atoms with Crippen molar-refractivity contribution in [3.05, 3.63) is 53.8 Å². The summed E-state index contributed by atoms with van der Waals surface area (Å²) in [6, 6.07) is 8.39. The Balaban J connectivity index is 2.13. The number of benzene rings is 1. The average molecular weight is 300 g/mol. The largest absolute Gasteiger partial charge is 0.512 e. The van der Waals surface area contributed by atoms with E-state index in [0.717, 1.165) is 31.4 Å². The van der Waals surface area contributed by atoms with Crippen molar-refractivity contribution in [2.75, 3.05) is 0 Å². The summed E-state index contributed by atoms with van der Waals surface area (Å²) < 4.78 is 6.35. The van der Waals surface area contributed by atoms with E-state index in [1.807, 2.05) is 12.1 Å². The number of unbranched alkanes of at least 4 members (excludes halogenated alkanes) is 2. The maximum absolute atomic E-state index is 9.92. The van der Waals surface area contributed by atoms with Crippen LogP contribution in [-0.2, 0) is 6.42 Å². The number of hydrogen-bond acceptors (Lipinski definition) is 2. The van der Waals surface area contributed by atoms with E-state index < -0.39 is 5.60 Å². The topological polar surface area (TPSA) is 29.5 Å². The highest BCUT2D eigenvalue weighted by Crippen LogP contribution is 2.33. The van der Waals surface area contributed by atoms with Crippen molar-refractivity contribution >= 4 is 0 Å². The number of ether oxygens (including phenoxy) is 1. The van der Waals surface area contributed by atoms with E-state index in [9.17, 15) is 5.11 Å². The Bertz CT molecular complexity index is 530. The fourth-order valence-electron chi connectivity index (χ4n) is 2.91. The van der Waals surface area contributed by atoms with Gasteiger partial charge in [0, 0.05) is 6.42 Å². The Kier molecular flexibility index (Phi) is 6.11. The highest BCUT2D eigenvalue weighted by atomic mass is 16.5. The van der Waals surface area contributed by atoms with Gasteiger partial charge in [0.1, 0.15) is 11.4 Å². The fraction of sp³-hybridized carbons (Fsp3) is 0.500. The van der Waals surface area contributed by atoms with Crippen LogP contribution in [0.5, 0.6) is 5.75 Å². The molecule has 0 amide bonds. The second-order valence-electron chi connectivity index (χ2n) is 6.22. The minimum Gasteiger partial charge on any atom is -0.512 e. The maximum Gasteiger partial charge on any atom is 0.134 e. The van der Waals surface area contributed by atoms with Gasteiger partial charge >= 0.3 is 0 Å². The zero-order valence-electron chi connectivity index (χ0n) is 13.8. The van der Waals surface area contributed by atoms with Crippen LogP contribution in [0.4, 0.5) is 0 Å². The molecule has 1 aliphatic rings. The van der Waals surface area contributed by atoms with Gasteiger partial charge in [0.15, 0.2) is 0 Å². The summed E-state index contributed by atoms with van der Waals surface area (Å²) >= 11 is 0. The quantitative estimate of drug-likeness (QED) is 0.663. The van der Waals surface area contributed by atoms with Gasteiger partial charge in [-0.25, -0.2) is 0 Å². The van der Waals surface area contributed by atoms with Crippen LogP contribution in [0.2, 0.25) is 0 Å². The molecule has 0 fully saturated rings. The number of aliphatic hydroxyl groups excluding tert-OH is 1. The molecule has 1 N–H and O–H groups in total. The number of hydrogen-bond donors (Lipinski definition) is 1. The number of aliphatic hydroxyl groups is 1. The molecule has 0 aromatic heterocycles. The van der Waals surface area contributed by atoms with Crippen LogP contribution in [0, 0.1) is 0 Å². The van der Waals surface area contributed by atoms with Crippen molar-refractivity contribution in [1.29, 1.82) is 0 Å². The zero-order chi connectivity index (χ0) is 15.8. The Hall–Kier alpha value is -1.70. The SMILES string of the molecule is CCCCc1cccc(OC2(CCCC)C=CC=C(O)C2)c1. The van der Waals surface area contributed by atoms with Gasteiger partial charge in [0.05, 0.1) is 5.76 Å². The molecule has 0 aliphatic heterocycles. The molecule has 120 valence electrons. The van der Waals surface area contributed by atoms with Gasteiger partial charge in [-0.1, -0.05) is 44.9 Å². The minimum atomic E-state index is -0.405. The first-order valence-corrected chi connectivity index (χ1v) is 8.53. The number of rotatable bonds is 8. The first kappa shape index (κ1) is 16.7. The molecule has 0 heterocycles. The average Bonchev–Trinajstić information content (AvgIpc) is 2.51. The number of allylic oxidation sites excluding steroid dienone is 2. The molecule has 1 aromatic rings. The summed E-state index contributed by atoms with van der Waals surface area (Å²) in [6.45, 7) is 4.39. The predicted molar refractivity (Wildman–Crippen MR) is 92.4 cm³/mol. The van der Waals surface area contributed by atoms with Gasteiger partial charge in [0.2, 0.25) is 0 Å². The van der Waals surface area contributed by atoms with Crippen molar-refractivity contribution in [1.82, 2.24) is 0 Å². The summed E-state index contributed by atoms with van der Waals surface area (Å²) in [5, 5.41) is 9.92. The molecule has 1 aliphatic carbocycles. The Morgan fingerprint density at radius 2 is 2.00 bits per heavy atom. The van der Waals surface area contributed by atoms with Crippen molar-refractivity contribution in [3.8, 4) is 5.75 Å². The summed E-state index contributed by atoms with van der Waals surface area (Å²) in [5.41, 5.74) is 0.919. The highest BCUT2D eigenvalue weighted by Gasteiger charge is 2.32. The van der Waals surface area contributed by atoms with Crippen LogP contribution in [0.25, 0.3) is 0 Å². The lowest BCUT2D eigenvalue weighted by atomic mass is 9.88. The van der Waals surface area contributed by atoms with Crippen molar-refractivity contribution in [2.45, 2.75) is 64.4 Å². The molecule has 0 bridgehead atoms. The van der Waals surface area contributed by atoms with E-state index >= 15 is 0 Å². The van der Waals surface area contributed by atoms with Crippen molar-refractivity contribution < 1.29 is 9.84 Å². The summed E-state index contributed by atoms with van der Waals surface area (Å²) in [4.78, 5) is 0. The van der Waals surface area contributed by atoms with Crippen LogP contribution < -0.4 is 4.74 Å². The molecule has 22 heavy (non-hydrogen) atoms. The summed E-state index contributed by atoms with van der Waals surface area (Å²) in [5.74, 6) is 1.31. The minimum absolute atomic E-state index is 0.403. The Morgan fingerprint density at radius 1 is 1.18 bits per heavy atom. The predicted octanol–water partition coefficient (Wildman–Crippen LogP) is 5.74. The van der Waals surface area contributed by atoms with Gasteiger partial charge in [-0.05, 0) is 55.5 Å². The molecule has 1 aromatic carbocycles. The lowest BCUT2D eigenvalue weighted by molar-refractivity contribution is 0.0922. The molecule has 1 unspecified atom stereocenters. The van der Waals surface area contributed by atoms with Crippen molar-refractivity contribution in [2.24, 2.45) is 0 Å². The molecule has 0 radical (unpaired) electrons. The molecule has 0 spiro atoms.